The molecule has 1 heterocycles. The molecule has 0 aromatic heterocycles. The topological polar surface area (TPSA) is 95.9 Å². The van der Waals surface area contributed by atoms with Crippen LogP contribution in [0.25, 0.3) is 0 Å². The zero-order valence-electron chi connectivity index (χ0n) is 14.0. The summed E-state index contributed by atoms with van der Waals surface area (Å²) in [5.74, 6) is -1.72. The molecule has 3 fully saturated rings. The molecule has 3 N–H and O–H groups in total. The minimum absolute atomic E-state index is 0.0956. The highest BCUT2D eigenvalue weighted by molar-refractivity contribution is 5.97. The van der Waals surface area contributed by atoms with Crippen LogP contribution in [0.5, 0.6) is 0 Å². The normalized spacial score (nSPS) is 35.6. The molecule has 0 radical (unpaired) electrons. The summed E-state index contributed by atoms with van der Waals surface area (Å²) >= 11 is 0. The third kappa shape index (κ3) is 2.39. The van der Waals surface area contributed by atoms with Crippen molar-refractivity contribution < 1.29 is 24.5 Å². The molecule has 1 amide bonds. The number of carboxylic acid groups (broad SMARTS) is 1. The maximum Gasteiger partial charge on any atom is 0.314 e. The molecule has 3 aliphatic rings. The lowest BCUT2D eigenvalue weighted by Gasteiger charge is -2.55. The summed E-state index contributed by atoms with van der Waals surface area (Å²) in [6.45, 7) is 1.19. The van der Waals surface area contributed by atoms with E-state index < -0.39 is 23.4 Å². The van der Waals surface area contributed by atoms with Crippen molar-refractivity contribution in [2.75, 3.05) is 13.2 Å². The number of carbonyl (C=O) groups excluding carboxylic acids is 1. The van der Waals surface area contributed by atoms with Crippen molar-refractivity contribution in [2.45, 2.75) is 43.2 Å². The quantitative estimate of drug-likeness (QED) is 0.759. The van der Waals surface area contributed by atoms with Gasteiger partial charge in [0.25, 0.3) is 0 Å². The summed E-state index contributed by atoms with van der Waals surface area (Å²) in [6, 6.07) is 8.88. The van der Waals surface area contributed by atoms with Crippen LogP contribution in [-0.2, 0) is 19.7 Å². The van der Waals surface area contributed by atoms with Gasteiger partial charge in [0.05, 0.1) is 12.0 Å². The number of benzene rings is 1. The smallest absolute Gasteiger partial charge is 0.314 e. The average molecular weight is 345 g/mol. The summed E-state index contributed by atoms with van der Waals surface area (Å²) in [5, 5.41) is 23.0. The van der Waals surface area contributed by atoms with Crippen LogP contribution in [0.3, 0.4) is 0 Å². The minimum Gasteiger partial charge on any atom is -0.481 e. The van der Waals surface area contributed by atoms with Gasteiger partial charge >= 0.3 is 5.97 Å². The minimum atomic E-state index is -1.11. The van der Waals surface area contributed by atoms with Crippen LogP contribution in [-0.4, -0.2) is 47.4 Å². The first-order valence-electron chi connectivity index (χ1n) is 8.86. The number of aliphatic carboxylic acids is 1. The van der Waals surface area contributed by atoms with Crippen molar-refractivity contribution in [2.24, 2.45) is 11.3 Å². The number of aliphatic hydroxyl groups excluding tert-OH is 1. The predicted octanol–water partition coefficient (Wildman–Crippen LogP) is 1.08. The lowest BCUT2D eigenvalue weighted by atomic mass is 9.58. The number of aliphatic hydroxyl groups is 1. The number of rotatable bonds is 4. The predicted molar refractivity (Wildman–Crippen MR) is 88.9 cm³/mol. The summed E-state index contributed by atoms with van der Waals surface area (Å²) in [4.78, 5) is 24.6. The Hall–Kier alpha value is -1.92. The van der Waals surface area contributed by atoms with Crippen molar-refractivity contribution in [3.05, 3.63) is 35.9 Å². The molecule has 2 unspecified atom stereocenters. The van der Waals surface area contributed by atoms with Crippen LogP contribution < -0.4 is 5.32 Å². The molecule has 25 heavy (non-hydrogen) atoms. The van der Waals surface area contributed by atoms with Crippen LogP contribution in [0.4, 0.5) is 0 Å². The Morgan fingerprint density at radius 1 is 1.16 bits per heavy atom. The second kappa shape index (κ2) is 5.81. The van der Waals surface area contributed by atoms with E-state index in [-0.39, 0.29) is 17.4 Å². The highest BCUT2D eigenvalue weighted by atomic mass is 16.5. The van der Waals surface area contributed by atoms with E-state index in [0.717, 1.165) is 12.8 Å². The molecule has 4 rings (SSSR count). The number of carbonyl (C=O) groups is 2. The fourth-order valence-electron chi connectivity index (χ4n) is 4.67. The standard InChI is InChI=1S/C19H23NO5/c21-15-10-14(18(15)6-8-25-9-7-18)20-16(22)13-11-19(13,17(23)24)12-4-2-1-3-5-12/h1-5,13-15,21H,6-11H2,(H,20,22)(H,23,24)/t13-,14?,15?,19+/m0/s1. The highest BCUT2D eigenvalue weighted by Gasteiger charge is 2.66. The number of hydrogen-bond acceptors (Lipinski definition) is 4. The van der Waals surface area contributed by atoms with E-state index in [1.165, 1.54) is 0 Å². The van der Waals surface area contributed by atoms with E-state index in [0.29, 0.717) is 31.6 Å². The van der Waals surface area contributed by atoms with Gasteiger partial charge in [-0.1, -0.05) is 30.3 Å². The molecule has 1 spiro atoms. The zero-order chi connectivity index (χ0) is 17.7. The summed E-state index contributed by atoms with van der Waals surface area (Å²) in [6.07, 6.45) is 1.89. The van der Waals surface area contributed by atoms with E-state index in [4.69, 9.17) is 4.74 Å². The second-order valence-corrected chi connectivity index (χ2v) is 7.56. The largest absolute Gasteiger partial charge is 0.481 e. The second-order valence-electron chi connectivity index (χ2n) is 7.56. The Morgan fingerprint density at radius 3 is 2.44 bits per heavy atom. The number of nitrogens with one attached hydrogen (secondary N) is 1. The molecule has 2 aliphatic carbocycles. The Labute approximate surface area is 146 Å². The maximum absolute atomic E-state index is 12.7. The van der Waals surface area contributed by atoms with Gasteiger partial charge in [-0.25, -0.2) is 0 Å². The molecule has 1 aromatic carbocycles. The Balaban J connectivity index is 1.48. The average Bonchev–Trinajstić information content (AvgIpc) is 3.40. The van der Waals surface area contributed by atoms with Crippen molar-refractivity contribution in [3.63, 3.8) is 0 Å². The van der Waals surface area contributed by atoms with Gasteiger partial charge in [-0.3, -0.25) is 9.59 Å². The number of carboxylic acids is 1. The van der Waals surface area contributed by atoms with E-state index in [2.05, 4.69) is 5.32 Å². The van der Waals surface area contributed by atoms with Gasteiger partial charge < -0.3 is 20.3 Å². The lowest BCUT2D eigenvalue weighted by molar-refractivity contribution is -0.157. The van der Waals surface area contributed by atoms with Crippen LogP contribution >= 0.6 is 0 Å². The van der Waals surface area contributed by atoms with Crippen molar-refractivity contribution in [1.29, 1.82) is 0 Å². The van der Waals surface area contributed by atoms with E-state index in [9.17, 15) is 19.8 Å². The molecule has 4 atom stereocenters. The fourth-order valence-corrected chi connectivity index (χ4v) is 4.67. The number of ether oxygens (including phenoxy) is 1. The van der Waals surface area contributed by atoms with Gasteiger partial charge in [0.1, 0.15) is 5.41 Å². The Bertz CT molecular complexity index is 684. The van der Waals surface area contributed by atoms with Crippen molar-refractivity contribution >= 4 is 11.9 Å². The van der Waals surface area contributed by atoms with Gasteiger partial charge in [-0.2, -0.15) is 0 Å². The van der Waals surface area contributed by atoms with E-state index >= 15 is 0 Å². The summed E-state index contributed by atoms with van der Waals surface area (Å²) in [7, 11) is 0. The van der Waals surface area contributed by atoms with Gasteiger partial charge in [-0.15, -0.1) is 0 Å². The molecule has 1 aliphatic heterocycles. The SMILES string of the molecule is O=C(NC1CC(O)C12CCOCC2)[C@@H]1C[C@@]1(C(=O)O)c1ccccc1. The first kappa shape index (κ1) is 16.5. The number of amides is 1. The fraction of sp³-hybridized carbons (Fsp3) is 0.579. The first-order chi connectivity index (χ1) is 12.0. The van der Waals surface area contributed by atoms with Gasteiger partial charge in [0, 0.05) is 24.7 Å². The van der Waals surface area contributed by atoms with Crippen molar-refractivity contribution in [3.8, 4) is 0 Å². The van der Waals surface area contributed by atoms with E-state index in [1.807, 2.05) is 6.07 Å². The molecule has 1 aromatic rings. The highest BCUT2D eigenvalue weighted by Crippen LogP contribution is 2.55. The molecular weight excluding hydrogens is 322 g/mol. The van der Waals surface area contributed by atoms with Gasteiger partial charge in [0.15, 0.2) is 0 Å². The number of hydrogen-bond donors (Lipinski definition) is 3. The van der Waals surface area contributed by atoms with Gasteiger partial charge in [0.2, 0.25) is 5.91 Å². The van der Waals surface area contributed by atoms with Crippen molar-refractivity contribution in [1.82, 2.24) is 5.32 Å². The molecule has 2 saturated carbocycles. The van der Waals surface area contributed by atoms with Crippen LogP contribution in [0.2, 0.25) is 0 Å². The molecule has 0 bridgehead atoms. The molecule has 1 saturated heterocycles. The molecule has 134 valence electrons. The summed E-state index contributed by atoms with van der Waals surface area (Å²) in [5.41, 5.74) is -0.741. The van der Waals surface area contributed by atoms with Crippen LogP contribution in [0, 0.1) is 11.3 Å². The Kier molecular flexibility index (Phi) is 3.85. The van der Waals surface area contributed by atoms with Gasteiger partial charge in [-0.05, 0) is 31.2 Å². The molecular formula is C19H23NO5. The monoisotopic (exact) mass is 345 g/mol. The third-order valence-corrected chi connectivity index (χ3v) is 6.50. The maximum atomic E-state index is 12.7. The lowest BCUT2D eigenvalue weighted by Crippen LogP contribution is -2.66. The first-order valence-corrected chi connectivity index (χ1v) is 8.86. The van der Waals surface area contributed by atoms with Crippen LogP contribution in [0.1, 0.15) is 31.2 Å². The molecule has 6 nitrogen and oxygen atoms in total. The third-order valence-electron chi connectivity index (χ3n) is 6.50. The molecule has 6 heteroatoms. The Morgan fingerprint density at radius 2 is 1.84 bits per heavy atom. The summed E-state index contributed by atoms with van der Waals surface area (Å²) < 4.78 is 5.38. The zero-order valence-corrected chi connectivity index (χ0v) is 14.0. The van der Waals surface area contributed by atoms with E-state index in [1.54, 1.807) is 24.3 Å². The van der Waals surface area contributed by atoms with Crippen LogP contribution in [0.15, 0.2) is 30.3 Å².